The van der Waals surface area contributed by atoms with E-state index in [1.54, 1.807) is 0 Å². The summed E-state index contributed by atoms with van der Waals surface area (Å²) in [5.74, 6) is 0. The van der Waals surface area contributed by atoms with Gasteiger partial charge in [-0.3, -0.25) is 5.43 Å². The molecule has 0 aromatic heterocycles. The number of hydrogen-bond donors (Lipinski definition) is 1. The first-order chi connectivity index (χ1) is 11.0. The summed E-state index contributed by atoms with van der Waals surface area (Å²) in [5.41, 5.74) is 9.02. The van der Waals surface area contributed by atoms with Gasteiger partial charge in [-0.2, -0.15) is 5.10 Å². The highest BCUT2D eigenvalue weighted by atomic mass is 15.3. The van der Waals surface area contributed by atoms with Gasteiger partial charge in [0.1, 0.15) is 0 Å². The highest BCUT2D eigenvalue weighted by molar-refractivity contribution is 5.87. The third kappa shape index (κ3) is 3.14. The number of allylic oxidation sites excluding steroid dienone is 1. The lowest BCUT2D eigenvalue weighted by atomic mass is 9.89. The van der Waals surface area contributed by atoms with Gasteiger partial charge in [-0.1, -0.05) is 30.3 Å². The van der Waals surface area contributed by atoms with Gasteiger partial charge in [0.15, 0.2) is 0 Å². The number of anilines is 2. The molecule has 0 unspecified atom stereocenters. The molecule has 2 aromatic rings. The zero-order valence-corrected chi connectivity index (χ0v) is 14.2. The van der Waals surface area contributed by atoms with Crippen LogP contribution in [0.25, 0.3) is 5.57 Å². The van der Waals surface area contributed by atoms with E-state index in [4.69, 9.17) is 0 Å². The van der Waals surface area contributed by atoms with Crippen molar-refractivity contribution < 1.29 is 0 Å². The molecule has 1 aliphatic rings. The molecular weight excluding hydrogens is 282 g/mol. The topological polar surface area (TPSA) is 27.6 Å². The van der Waals surface area contributed by atoms with E-state index in [9.17, 15) is 0 Å². The number of nitrogens with zero attached hydrogens (tertiary/aromatic N) is 2. The van der Waals surface area contributed by atoms with Gasteiger partial charge in [-0.25, -0.2) is 0 Å². The van der Waals surface area contributed by atoms with Gasteiger partial charge in [0.05, 0.1) is 17.4 Å². The molecule has 0 atom stereocenters. The number of benzene rings is 2. The second-order valence-electron chi connectivity index (χ2n) is 6.55. The van der Waals surface area contributed by atoms with Crippen molar-refractivity contribution >= 4 is 23.2 Å². The molecule has 0 bridgehead atoms. The third-order valence-corrected chi connectivity index (χ3v) is 4.42. The molecule has 0 aliphatic carbocycles. The Morgan fingerprint density at radius 3 is 2.57 bits per heavy atom. The number of nitrogens with one attached hydrogen (secondary N) is 1. The molecule has 1 aliphatic heterocycles. The van der Waals surface area contributed by atoms with E-state index >= 15 is 0 Å². The Balaban J connectivity index is 1.83. The molecular formula is C20H23N3. The minimum absolute atomic E-state index is 0.0432. The minimum Gasteiger partial charge on any atom is -0.366 e. The molecule has 0 saturated carbocycles. The predicted octanol–water partition coefficient (Wildman–Crippen LogP) is 4.76. The zero-order valence-electron chi connectivity index (χ0n) is 14.2. The van der Waals surface area contributed by atoms with Crippen molar-refractivity contribution in [3.63, 3.8) is 0 Å². The van der Waals surface area contributed by atoms with E-state index in [1.807, 2.05) is 36.5 Å². The molecule has 3 heteroatoms. The van der Waals surface area contributed by atoms with Crippen molar-refractivity contribution in [3.8, 4) is 0 Å². The van der Waals surface area contributed by atoms with Crippen LogP contribution in [0.1, 0.15) is 31.9 Å². The minimum atomic E-state index is 0.0432. The van der Waals surface area contributed by atoms with E-state index in [1.165, 1.54) is 16.8 Å². The van der Waals surface area contributed by atoms with Crippen LogP contribution in [0.15, 0.2) is 59.7 Å². The average Bonchev–Trinajstić information content (AvgIpc) is 2.53. The number of rotatable bonds is 3. The number of para-hydroxylation sites is 1. The summed E-state index contributed by atoms with van der Waals surface area (Å²) < 4.78 is 0. The largest absolute Gasteiger partial charge is 0.366 e. The maximum atomic E-state index is 4.33. The Morgan fingerprint density at radius 2 is 1.83 bits per heavy atom. The van der Waals surface area contributed by atoms with Gasteiger partial charge < -0.3 is 4.90 Å². The van der Waals surface area contributed by atoms with Crippen molar-refractivity contribution in [2.75, 3.05) is 17.4 Å². The molecule has 1 heterocycles. The highest BCUT2D eigenvalue weighted by Gasteiger charge is 2.28. The van der Waals surface area contributed by atoms with Crippen LogP contribution in [0.3, 0.4) is 0 Å². The lowest BCUT2D eigenvalue weighted by molar-refractivity contribution is 0.598. The quantitative estimate of drug-likeness (QED) is 0.653. The average molecular weight is 305 g/mol. The smallest absolute Gasteiger partial charge is 0.0561 e. The summed E-state index contributed by atoms with van der Waals surface area (Å²) in [6, 6.07) is 16.4. The van der Waals surface area contributed by atoms with Gasteiger partial charge in [0, 0.05) is 18.3 Å². The molecule has 0 saturated heterocycles. The zero-order chi connectivity index (χ0) is 16.4. The molecule has 0 fully saturated rings. The van der Waals surface area contributed by atoms with Crippen LogP contribution < -0.4 is 10.3 Å². The summed E-state index contributed by atoms with van der Waals surface area (Å²) >= 11 is 0. The van der Waals surface area contributed by atoms with Crippen LogP contribution in [0.5, 0.6) is 0 Å². The Morgan fingerprint density at radius 1 is 1.09 bits per heavy atom. The van der Waals surface area contributed by atoms with Crippen molar-refractivity contribution in [1.29, 1.82) is 0 Å². The fourth-order valence-electron chi connectivity index (χ4n) is 2.95. The lowest BCUT2D eigenvalue weighted by Gasteiger charge is -2.40. The molecule has 118 valence electrons. The van der Waals surface area contributed by atoms with Crippen LogP contribution >= 0.6 is 0 Å². The highest BCUT2D eigenvalue weighted by Crippen LogP contribution is 2.37. The summed E-state index contributed by atoms with van der Waals surface area (Å²) in [5, 5.41) is 4.33. The summed E-state index contributed by atoms with van der Waals surface area (Å²) in [6.45, 7) is 6.65. The second-order valence-corrected chi connectivity index (χ2v) is 6.55. The van der Waals surface area contributed by atoms with Crippen molar-refractivity contribution in [2.24, 2.45) is 5.10 Å². The maximum absolute atomic E-state index is 4.33. The Hall–Kier alpha value is -2.55. The molecule has 2 aromatic carbocycles. The fourth-order valence-corrected chi connectivity index (χ4v) is 2.95. The van der Waals surface area contributed by atoms with E-state index in [-0.39, 0.29) is 5.54 Å². The summed E-state index contributed by atoms with van der Waals surface area (Å²) in [6.07, 6.45) is 4.18. The first-order valence-electron chi connectivity index (χ1n) is 7.89. The van der Waals surface area contributed by atoms with Crippen molar-refractivity contribution in [1.82, 2.24) is 0 Å². The third-order valence-electron chi connectivity index (χ3n) is 4.42. The normalized spacial score (nSPS) is 16.2. The second kappa shape index (κ2) is 5.92. The number of hydrogen-bond acceptors (Lipinski definition) is 3. The Bertz CT molecular complexity index is 758. The van der Waals surface area contributed by atoms with E-state index in [0.29, 0.717) is 0 Å². The number of fused-ring (bicyclic) bond motifs is 1. The summed E-state index contributed by atoms with van der Waals surface area (Å²) in [4.78, 5) is 2.32. The van der Waals surface area contributed by atoms with Crippen LogP contribution in [-0.4, -0.2) is 18.8 Å². The predicted molar refractivity (Wildman–Crippen MR) is 100 cm³/mol. The van der Waals surface area contributed by atoms with E-state index < -0.39 is 0 Å². The van der Waals surface area contributed by atoms with Gasteiger partial charge in [0.25, 0.3) is 0 Å². The van der Waals surface area contributed by atoms with Crippen LogP contribution in [0, 0.1) is 0 Å². The van der Waals surface area contributed by atoms with Crippen LogP contribution in [0.4, 0.5) is 11.4 Å². The molecule has 0 amide bonds. The fraction of sp³-hybridized carbons (Fsp3) is 0.250. The van der Waals surface area contributed by atoms with Gasteiger partial charge in [-0.15, -0.1) is 0 Å². The van der Waals surface area contributed by atoms with Gasteiger partial charge >= 0.3 is 0 Å². The molecule has 0 spiro atoms. The Kier molecular flexibility index (Phi) is 3.95. The maximum Gasteiger partial charge on any atom is 0.0561 e. The number of hydrazone groups is 1. The van der Waals surface area contributed by atoms with Crippen LogP contribution in [0.2, 0.25) is 0 Å². The number of likely N-dealkylation sites (N-methyl/N-ethyl adjacent to an activating group) is 1. The monoisotopic (exact) mass is 305 g/mol. The molecule has 0 radical (unpaired) electrons. The molecule has 3 rings (SSSR count). The first-order valence-corrected chi connectivity index (χ1v) is 7.89. The lowest BCUT2D eigenvalue weighted by Crippen LogP contribution is -2.42. The van der Waals surface area contributed by atoms with Crippen molar-refractivity contribution in [2.45, 2.75) is 26.3 Å². The van der Waals surface area contributed by atoms with Crippen LogP contribution in [-0.2, 0) is 0 Å². The summed E-state index contributed by atoms with van der Waals surface area (Å²) in [7, 11) is 2.15. The van der Waals surface area contributed by atoms with E-state index in [0.717, 1.165) is 11.3 Å². The van der Waals surface area contributed by atoms with E-state index in [2.05, 4.69) is 67.5 Å². The first kappa shape index (κ1) is 15.3. The van der Waals surface area contributed by atoms with Gasteiger partial charge in [-0.05, 0) is 56.2 Å². The molecule has 3 nitrogen and oxygen atoms in total. The Labute approximate surface area is 138 Å². The standard InChI is InChI=1S/C20H23N3/c1-15-13-20(2,3)23(4)19-11-10-16(12-18(15)19)14-21-22-17-8-6-5-7-9-17/h5-14,22H,1-4H3. The SMILES string of the molecule is CC1=CC(C)(C)N(C)c2ccc(C=NNc3ccccc3)cc21. The molecule has 1 N–H and O–H groups in total. The van der Waals surface area contributed by atoms with Gasteiger partial charge in [0.2, 0.25) is 0 Å². The van der Waals surface area contributed by atoms with Crippen molar-refractivity contribution in [3.05, 3.63) is 65.7 Å². The molecule has 23 heavy (non-hydrogen) atoms.